The second kappa shape index (κ2) is 7.94. The quantitative estimate of drug-likeness (QED) is 0.661. The van der Waals surface area contributed by atoms with Crippen LogP contribution in [0.1, 0.15) is 23.7 Å². The standard InChI is InChI=1S/C18H17BrN4O2/c1-2-11-23-16(9-10-21-23)22-18(24)13-3-8-17(20-12-13)25-15-6-4-14(19)5-7-15/h3-10,12H,2,11H2,1H3,(H,22,24). The van der Waals surface area contributed by atoms with Crippen LogP contribution in [-0.4, -0.2) is 20.7 Å². The molecule has 3 rings (SSSR count). The lowest BCUT2D eigenvalue weighted by molar-refractivity contribution is 0.102. The van der Waals surface area contributed by atoms with Gasteiger partial charge in [0.25, 0.3) is 5.91 Å². The van der Waals surface area contributed by atoms with Crippen molar-refractivity contribution in [1.82, 2.24) is 14.8 Å². The second-order valence-electron chi connectivity index (χ2n) is 5.33. The number of benzene rings is 1. The lowest BCUT2D eigenvalue weighted by Crippen LogP contribution is -2.16. The van der Waals surface area contributed by atoms with Crippen molar-refractivity contribution in [3.05, 3.63) is 64.9 Å². The molecule has 128 valence electrons. The van der Waals surface area contributed by atoms with Crippen molar-refractivity contribution in [1.29, 1.82) is 0 Å². The normalized spacial score (nSPS) is 10.5. The molecule has 1 aromatic carbocycles. The van der Waals surface area contributed by atoms with Crippen molar-refractivity contribution in [2.24, 2.45) is 0 Å². The Hall–Kier alpha value is -2.67. The van der Waals surface area contributed by atoms with Crippen LogP contribution in [0.2, 0.25) is 0 Å². The first-order valence-electron chi connectivity index (χ1n) is 7.88. The molecule has 25 heavy (non-hydrogen) atoms. The van der Waals surface area contributed by atoms with Crippen molar-refractivity contribution in [2.45, 2.75) is 19.9 Å². The number of anilines is 1. The molecular weight excluding hydrogens is 384 g/mol. The summed E-state index contributed by atoms with van der Waals surface area (Å²) in [7, 11) is 0. The van der Waals surface area contributed by atoms with E-state index >= 15 is 0 Å². The molecule has 2 heterocycles. The average Bonchev–Trinajstić information content (AvgIpc) is 3.05. The predicted molar refractivity (Wildman–Crippen MR) is 98.9 cm³/mol. The van der Waals surface area contributed by atoms with E-state index in [-0.39, 0.29) is 5.91 Å². The van der Waals surface area contributed by atoms with Gasteiger partial charge in [-0.1, -0.05) is 22.9 Å². The van der Waals surface area contributed by atoms with Crippen molar-refractivity contribution in [3.63, 3.8) is 0 Å². The van der Waals surface area contributed by atoms with Gasteiger partial charge in [0.15, 0.2) is 0 Å². The van der Waals surface area contributed by atoms with Crippen LogP contribution in [0.3, 0.4) is 0 Å². The van der Waals surface area contributed by atoms with E-state index in [0.29, 0.717) is 23.0 Å². The molecule has 0 aliphatic rings. The number of nitrogens with zero attached hydrogens (tertiary/aromatic N) is 3. The van der Waals surface area contributed by atoms with E-state index in [9.17, 15) is 4.79 Å². The third-order valence-corrected chi connectivity index (χ3v) is 3.96. The number of ether oxygens (including phenoxy) is 1. The van der Waals surface area contributed by atoms with Crippen LogP contribution in [0.25, 0.3) is 0 Å². The predicted octanol–water partition coefficient (Wildman–Crippen LogP) is 4.50. The highest BCUT2D eigenvalue weighted by Crippen LogP contribution is 2.22. The fourth-order valence-electron chi connectivity index (χ4n) is 2.22. The molecule has 0 unspecified atom stereocenters. The summed E-state index contributed by atoms with van der Waals surface area (Å²) in [6.07, 6.45) is 4.09. The number of nitrogens with one attached hydrogen (secondary N) is 1. The fraction of sp³-hybridized carbons (Fsp3) is 0.167. The monoisotopic (exact) mass is 400 g/mol. The Balaban J connectivity index is 1.66. The van der Waals surface area contributed by atoms with Gasteiger partial charge in [-0.3, -0.25) is 4.79 Å². The molecule has 3 aromatic rings. The maximum Gasteiger partial charge on any atom is 0.258 e. The number of halogens is 1. The summed E-state index contributed by atoms with van der Waals surface area (Å²) >= 11 is 3.37. The molecule has 6 nitrogen and oxygen atoms in total. The fourth-order valence-corrected chi connectivity index (χ4v) is 2.48. The number of hydrogen-bond donors (Lipinski definition) is 1. The Bertz CT molecular complexity index is 844. The van der Waals surface area contributed by atoms with Crippen molar-refractivity contribution >= 4 is 27.7 Å². The summed E-state index contributed by atoms with van der Waals surface area (Å²) in [4.78, 5) is 16.5. The molecule has 0 bridgehead atoms. The maximum atomic E-state index is 12.3. The SMILES string of the molecule is CCCn1nccc1NC(=O)c1ccc(Oc2ccc(Br)cc2)nc1. The first-order chi connectivity index (χ1) is 12.2. The van der Waals surface area contributed by atoms with E-state index in [1.54, 1.807) is 29.1 Å². The minimum Gasteiger partial charge on any atom is -0.439 e. The minimum absolute atomic E-state index is 0.236. The van der Waals surface area contributed by atoms with Gasteiger partial charge in [0, 0.05) is 29.3 Å². The molecule has 0 aliphatic heterocycles. The Labute approximate surface area is 154 Å². The molecule has 0 aliphatic carbocycles. The molecule has 0 saturated carbocycles. The maximum absolute atomic E-state index is 12.3. The molecule has 0 fully saturated rings. The third kappa shape index (κ3) is 4.45. The average molecular weight is 401 g/mol. The Kier molecular flexibility index (Phi) is 5.45. The zero-order chi connectivity index (χ0) is 17.6. The number of carbonyl (C=O) groups excluding carboxylic acids is 1. The summed E-state index contributed by atoms with van der Waals surface area (Å²) in [5, 5.41) is 7.03. The van der Waals surface area contributed by atoms with Gasteiger partial charge in [-0.2, -0.15) is 5.10 Å². The Morgan fingerprint density at radius 2 is 2.00 bits per heavy atom. The van der Waals surface area contributed by atoms with E-state index in [0.717, 1.165) is 17.4 Å². The topological polar surface area (TPSA) is 69.0 Å². The van der Waals surface area contributed by atoms with Crippen molar-refractivity contribution in [3.8, 4) is 11.6 Å². The van der Waals surface area contributed by atoms with Gasteiger partial charge in [0.1, 0.15) is 11.6 Å². The zero-order valence-electron chi connectivity index (χ0n) is 13.6. The first-order valence-corrected chi connectivity index (χ1v) is 8.67. The number of carbonyl (C=O) groups is 1. The molecular formula is C18H17BrN4O2. The molecule has 0 saturated heterocycles. The van der Waals surface area contributed by atoms with E-state index in [2.05, 4.69) is 38.3 Å². The lowest BCUT2D eigenvalue weighted by Gasteiger charge is -2.08. The van der Waals surface area contributed by atoms with Gasteiger partial charge < -0.3 is 10.1 Å². The first kappa shape index (κ1) is 17.2. The second-order valence-corrected chi connectivity index (χ2v) is 6.25. The number of pyridine rings is 1. The number of hydrogen-bond acceptors (Lipinski definition) is 4. The van der Waals surface area contributed by atoms with Crippen LogP contribution in [-0.2, 0) is 6.54 Å². The summed E-state index contributed by atoms with van der Waals surface area (Å²) in [6.45, 7) is 2.81. The van der Waals surface area contributed by atoms with Crippen LogP contribution in [0.15, 0.2) is 59.3 Å². The summed E-state index contributed by atoms with van der Waals surface area (Å²) in [5.41, 5.74) is 0.451. The van der Waals surface area contributed by atoms with E-state index in [1.165, 1.54) is 6.20 Å². The molecule has 0 radical (unpaired) electrons. The molecule has 7 heteroatoms. The largest absolute Gasteiger partial charge is 0.439 e. The molecule has 1 amide bonds. The Morgan fingerprint density at radius 3 is 2.68 bits per heavy atom. The van der Waals surface area contributed by atoms with Crippen LogP contribution >= 0.6 is 15.9 Å². The highest BCUT2D eigenvalue weighted by Gasteiger charge is 2.10. The summed E-state index contributed by atoms with van der Waals surface area (Å²) in [6, 6.07) is 12.6. The lowest BCUT2D eigenvalue weighted by atomic mass is 10.2. The van der Waals surface area contributed by atoms with Crippen LogP contribution in [0.4, 0.5) is 5.82 Å². The van der Waals surface area contributed by atoms with Gasteiger partial charge in [-0.25, -0.2) is 9.67 Å². The van der Waals surface area contributed by atoms with Gasteiger partial charge in [0.2, 0.25) is 5.88 Å². The highest BCUT2D eigenvalue weighted by molar-refractivity contribution is 9.10. The molecule has 2 aromatic heterocycles. The van der Waals surface area contributed by atoms with Crippen LogP contribution in [0.5, 0.6) is 11.6 Å². The smallest absolute Gasteiger partial charge is 0.258 e. The molecule has 1 N–H and O–H groups in total. The molecule has 0 atom stereocenters. The van der Waals surface area contributed by atoms with E-state index in [1.807, 2.05) is 24.3 Å². The van der Waals surface area contributed by atoms with Crippen molar-refractivity contribution < 1.29 is 9.53 Å². The van der Waals surface area contributed by atoms with Gasteiger partial charge >= 0.3 is 0 Å². The number of aryl methyl sites for hydroxylation is 1. The summed E-state index contributed by atoms with van der Waals surface area (Å²) < 4.78 is 8.38. The van der Waals surface area contributed by atoms with E-state index < -0.39 is 0 Å². The number of aromatic nitrogens is 3. The number of amides is 1. The van der Waals surface area contributed by atoms with Gasteiger partial charge in [0.05, 0.1) is 11.8 Å². The third-order valence-electron chi connectivity index (χ3n) is 3.43. The van der Waals surface area contributed by atoms with Crippen molar-refractivity contribution in [2.75, 3.05) is 5.32 Å². The van der Waals surface area contributed by atoms with Crippen LogP contribution < -0.4 is 10.1 Å². The van der Waals surface area contributed by atoms with Crippen LogP contribution in [0, 0.1) is 0 Å². The van der Waals surface area contributed by atoms with Gasteiger partial charge in [-0.15, -0.1) is 0 Å². The van der Waals surface area contributed by atoms with E-state index in [4.69, 9.17) is 4.74 Å². The summed E-state index contributed by atoms with van der Waals surface area (Å²) in [5.74, 6) is 1.54. The van der Waals surface area contributed by atoms with Gasteiger partial charge in [-0.05, 0) is 36.8 Å². The number of rotatable bonds is 6. The Morgan fingerprint density at radius 1 is 1.20 bits per heavy atom. The molecule has 0 spiro atoms. The zero-order valence-corrected chi connectivity index (χ0v) is 15.2. The highest BCUT2D eigenvalue weighted by atomic mass is 79.9. The minimum atomic E-state index is -0.236.